The Morgan fingerprint density at radius 3 is 2.62 bits per heavy atom. The van der Waals surface area contributed by atoms with Crippen LogP contribution < -0.4 is 0 Å². The lowest BCUT2D eigenvalue weighted by atomic mass is 10.2. The highest BCUT2D eigenvalue weighted by molar-refractivity contribution is 7.99. The van der Waals surface area contributed by atoms with Crippen LogP contribution in [-0.2, 0) is 15.3 Å². The molecule has 2 N–H and O–H groups in total. The first-order valence-corrected chi connectivity index (χ1v) is 8.03. The minimum Gasteiger partial charge on any atom is -0.480 e. The Morgan fingerprint density at radius 2 is 2.00 bits per heavy atom. The second-order valence-corrected chi connectivity index (χ2v) is 6.33. The largest absolute Gasteiger partial charge is 0.480 e. The van der Waals surface area contributed by atoms with E-state index in [0.29, 0.717) is 10.8 Å². The quantitative estimate of drug-likeness (QED) is 0.858. The molecule has 0 aromatic heterocycles. The molecule has 2 rings (SSSR count). The van der Waals surface area contributed by atoms with Crippen molar-refractivity contribution < 1.29 is 19.8 Å². The molecule has 1 amide bonds. The third-order valence-electron chi connectivity index (χ3n) is 3.29. The number of carbonyl (C=O) groups is 2. The van der Waals surface area contributed by atoms with Crippen molar-refractivity contribution in [1.29, 1.82) is 0 Å². The number of benzene rings is 1. The minimum absolute atomic E-state index is 0.0945. The van der Waals surface area contributed by atoms with Crippen LogP contribution in [-0.4, -0.2) is 51.4 Å². The van der Waals surface area contributed by atoms with E-state index >= 15 is 0 Å². The molecular weight excluding hydrogens is 314 g/mol. The summed E-state index contributed by atoms with van der Waals surface area (Å²) in [6, 6.07) is 6.44. The number of carboxylic acid groups (broad SMARTS) is 1. The van der Waals surface area contributed by atoms with Gasteiger partial charge >= 0.3 is 5.97 Å². The molecule has 114 valence electrons. The summed E-state index contributed by atoms with van der Waals surface area (Å²) in [6.45, 7) is 0.0945. The second-order valence-electron chi connectivity index (χ2n) is 4.91. The zero-order valence-corrected chi connectivity index (χ0v) is 12.8. The maximum absolute atomic E-state index is 12.1. The van der Waals surface area contributed by atoms with Gasteiger partial charge < -0.3 is 15.1 Å². The predicted molar refractivity (Wildman–Crippen MR) is 81.4 cm³/mol. The number of aliphatic hydroxyl groups is 1. The highest BCUT2D eigenvalue weighted by Crippen LogP contribution is 2.21. The van der Waals surface area contributed by atoms with Crippen LogP contribution in [0, 0.1) is 0 Å². The number of hydrogen-bond acceptors (Lipinski definition) is 4. The second kappa shape index (κ2) is 7.15. The van der Waals surface area contributed by atoms with Gasteiger partial charge in [-0.1, -0.05) is 23.7 Å². The molecule has 1 aromatic carbocycles. The van der Waals surface area contributed by atoms with E-state index in [9.17, 15) is 14.7 Å². The monoisotopic (exact) mass is 329 g/mol. The Balaban J connectivity index is 1.84. The summed E-state index contributed by atoms with van der Waals surface area (Å²) in [6.07, 6.45) is -0.653. The maximum Gasteiger partial charge on any atom is 0.326 e. The Labute approximate surface area is 131 Å². The summed E-state index contributed by atoms with van der Waals surface area (Å²) >= 11 is 7.21. The van der Waals surface area contributed by atoms with Gasteiger partial charge in [0.05, 0.1) is 11.9 Å². The lowest BCUT2D eigenvalue weighted by molar-refractivity contribution is -0.147. The standard InChI is InChI=1S/C14H16ClNO4S/c15-10-3-1-9(2-4-10)7-21-8-13(18)16-6-11(17)5-12(16)14(19)20/h1-4,11-12,17H,5-8H2,(H,19,20)/t11?,12-/m0/s1. The molecule has 1 aromatic rings. The van der Waals surface area contributed by atoms with Gasteiger partial charge in [0.15, 0.2) is 0 Å². The van der Waals surface area contributed by atoms with Crippen LogP contribution in [0.4, 0.5) is 0 Å². The van der Waals surface area contributed by atoms with Crippen LogP contribution in [0.2, 0.25) is 5.02 Å². The van der Waals surface area contributed by atoms with Crippen molar-refractivity contribution in [1.82, 2.24) is 4.90 Å². The van der Waals surface area contributed by atoms with Gasteiger partial charge in [0.25, 0.3) is 0 Å². The smallest absolute Gasteiger partial charge is 0.326 e. The zero-order valence-electron chi connectivity index (χ0n) is 11.2. The third-order valence-corrected chi connectivity index (χ3v) is 4.53. The van der Waals surface area contributed by atoms with Crippen LogP contribution in [0.1, 0.15) is 12.0 Å². The summed E-state index contributed by atoms with van der Waals surface area (Å²) in [5.74, 6) is -0.476. The summed E-state index contributed by atoms with van der Waals surface area (Å²) < 4.78 is 0. The van der Waals surface area contributed by atoms with Crippen LogP contribution in [0.3, 0.4) is 0 Å². The van der Waals surface area contributed by atoms with Crippen molar-refractivity contribution in [3.63, 3.8) is 0 Å². The highest BCUT2D eigenvalue weighted by atomic mass is 35.5. The molecule has 0 spiro atoms. The fourth-order valence-electron chi connectivity index (χ4n) is 2.24. The van der Waals surface area contributed by atoms with Gasteiger partial charge in [-0.05, 0) is 17.7 Å². The Bertz CT molecular complexity index is 522. The minimum atomic E-state index is -1.07. The number of carboxylic acids is 1. The number of nitrogens with zero attached hydrogens (tertiary/aromatic N) is 1. The van der Waals surface area contributed by atoms with Gasteiger partial charge in [-0.25, -0.2) is 4.79 Å². The van der Waals surface area contributed by atoms with Gasteiger partial charge in [0.1, 0.15) is 6.04 Å². The fourth-order valence-corrected chi connectivity index (χ4v) is 3.24. The number of carbonyl (C=O) groups excluding carboxylic acids is 1. The average molecular weight is 330 g/mol. The number of halogens is 1. The Kier molecular flexibility index (Phi) is 5.50. The topological polar surface area (TPSA) is 77.8 Å². The number of aliphatic carboxylic acids is 1. The number of aliphatic hydroxyl groups excluding tert-OH is 1. The molecule has 0 aliphatic carbocycles. The van der Waals surface area contributed by atoms with E-state index in [4.69, 9.17) is 16.7 Å². The molecule has 2 atom stereocenters. The van der Waals surface area contributed by atoms with Gasteiger partial charge in [-0.2, -0.15) is 0 Å². The lowest BCUT2D eigenvalue weighted by Crippen LogP contribution is -2.41. The number of β-amino-alcohol motifs (C(OH)–C–C–N with tert-alkyl or cyclic N) is 1. The maximum atomic E-state index is 12.1. The summed E-state index contributed by atoms with van der Waals surface area (Å²) in [7, 11) is 0. The summed E-state index contributed by atoms with van der Waals surface area (Å²) in [5, 5.41) is 19.2. The van der Waals surface area contributed by atoms with Crippen molar-refractivity contribution in [2.24, 2.45) is 0 Å². The zero-order chi connectivity index (χ0) is 15.4. The molecule has 0 bridgehead atoms. The molecule has 0 saturated carbocycles. The molecule has 1 aliphatic heterocycles. The molecule has 21 heavy (non-hydrogen) atoms. The van der Waals surface area contributed by atoms with Crippen molar-refractivity contribution in [3.05, 3.63) is 34.9 Å². The van der Waals surface area contributed by atoms with E-state index in [-0.39, 0.29) is 24.6 Å². The molecular formula is C14H16ClNO4S. The fraction of sp³-hybridized carbons (Fsp3) is 0.429. The Morgan fingerprint density at radius 1 is 1.33 bits per heavy atom. The highest BCUT2D eigenvalue weighted by Gasteiger charge is 2.38. The SMILES string of the molecule is O=C(O)[C@@H]1CC(O)CN1C(=O)CSCc1ccc(Cl)cc1. The molecule has 1 unspecified atom stereocenters. The van der Waals surface area contributed by atoms with Crippen LogP contribution in [0.5, 0.6) is 0 Å². The number of hydrogen-bond donors (Lipinski definition) is 2. The van der Waals surface area contributed by atoms with Gasteiger partial charge in [-0.3, -0.25) is 4.79 Å². The molecule has 1 saturated heterocycles. The van der Waals surface area contributed by atoms with Crippen molar-refractivity contribution in [2.45, 2.75) is 24.3 Å². The van der Waals surface area contributed by atoms with Gasteiger partial charge in [0, 0.05) is 23.7 Å². The van der Waals surface area contributed by atoms with Crippen LogP contribution in [0.25, 0.3) is 0 Å². The molecule has 5 nitrogen and oxygen atoms in total. The first kappa shape index (κ1) is 16.1. The average Bonchev–Trinajstić information content (AvgIpc) is 2.83. The van der Waals surface area contributed by atoms with E-state index in [2.05, 4.69) is 0 Å². The molecule has 0 radical (unpaired) electrons. The van der Waals surface area contributed by atoms with Crippen molar-refractivity contribution in [2.75, 3.05) is 12.3 Å². The molecule has 1 fully saturated rings. The molecule has 7 heteroatoms. The number of rotatable bonds is 5. The van der Waals surface area contributed by atoms with Crippen LogP contribution >= 0.6 is 23.4 Å². The van der Waals surface area contributed by atoms with Gasteiger partial charge in [0.2, 0.25) is 5.91 Å². The summed E-state index contributed by atoms with van der Waals surface area (Å²) in [5.41, 5.74) is 1.05. The molecule has 1 aliphatic rings. The molecule has 1 heterocycles. The van der Waals surface area contributed by atoms with E-state index in [1.807, 2.05) is 12.1 Å². The van der Waals surface area contributed by atoms with E-state index in [0.717, 1.165) is 5.56 Å². The normalized spacial score (nSPS) is 21.5. The summed E-state index contributed by atoms with van der Waals surface area (Å²) in [4.78, 5) is 24.4. The van der Waals surface area contributed by atoms with Crippen LogP contribution in [0.15, 0.2) is 24.3 Å². The van der Waals surface area contributed by atoms with E-state index in [1.54, 1.807) is 12.1 Å². The predicted octanol–water partition coefficient (Wildman–Crippen LogP) is 1.62. The first-order chi connectivity index (χ1) is 9.97. The van der Waals surface area contributed by atoms with Gasteiger partial charge in [-0.15, -0.1) is 11.8 Å². The van der Waals surface area contributed by atoms with E-state index in [1.165, 1.54) is 16.7 Å². The van der Waals surface area contributed by atoms with Crippen molar-refractivity contribution >= 4 is 35.2 Å². The Hall–Kier alpha value is -1.24. The number of amides is 1. The van der Waals surface area contributed by atoms with Crippen molar-refractivity contribution in [3.8, 4) is 0 Å². The third kappa shape index (κ3) is 4.36. The number of likely N-dealkylation sites (tertiary alicyclic amines) is 1. The lowest BCUT2D eigenvalue weighted by Gasteiger charge is -2.20. The number of thioether (sulfide) groups is 1. The first-order valence-electron chi connectivity index (χ1n) is 6.50. The van der Waals surface area contributed by atoms with E-state index < -0.39 is 18.1 Å².